The van der Waals surface area contributed by atoms with E-state index in [1.807, 2.05) is 30.3 Å². The van der Waals surface area contributed by atoms with Crippen molar-refractivity contribution in [1.82, 2.24) is 30.7 Å². The molecule has 2 aromatic carbocycles. The first-order valence-corrected chi connectivity index (χ1v) is 19.9. The van der Waals surface area contributed by atoms with Gasteiger partial charge in [0.25, 0.3) is 11.8 Å². The first-order chi connectivity index (χ1) is 27.3. The molecule has 4 aromatic rings. The predicted octanol–water partition coefficient (Wildman–Crippen LogP) is 4.58. The first-order valence-electron chi connectivity index (χ1n) is 17.8. The number of thioether (sulfide) groups is 2. The zero-order valence-corrected chi connectivity index (χ0v) is 34.0. The number of aromatic nitrogens is 2. The molecule has 304 valence electrons. The Hall–Kier alpha value is -5.40. The van der Waals surface area contributed by atoms with Gasteiger partial charge in [0.05, 0.1) is 10.6 Å². The summed E-state index contributed by atoms with van der Waals surface area (Å²) in [5.41, 5.74) is 1.22. The third-order valence-corrected chi connectivity index (χ3v) is 13.8. The zero-order chi connectivity index (χ0) is 42.2. The van der Waals surface area contributed by atoms with Crippen LogP contribution in [0.4, 0.5) is 4.39 Å². The fourth-order valence-corrected chi connectivity index (χ4v) is 11.2. The Morgan fingerprint density at radius 2 is 1.19 bits per heavy atom. The van der Waals surface area contributed by atoms with Crippen LogP contribution in [0, 0.1) is 19.7 Å². The summed E-state index contributed by atoms with van der Waals surface area (Å²) in [7, 11) is 0. The van der Waals surface area contributed by atoms with Gasteiger partial charge in [-0.3, -0.25) is 19.2 Å². The van der Waals surface area contributed by atoms with Crippen molar-refractivity contribution in [2.75, 3.05) is 0 Å². The molecule has 58 heavy (non-hydrogen) atoms. The number of carboxylic acid groups (broad SMARTS) is 2. The molecular formula is C38H36ClFN6O10S2. The molecule has 2 aromatic heterocycles. The molecule has 4 aliphatic rings. The van der Waals surface area contributed by atoms with Crippen molar-refractivity contribution >= 4 is 70.7 Å². The Morgan fingerprint density at radius 3 is 1.64 bits per heavy atom. The van der Waals surface area contributed by atoms with E-state index in [0.29, 0.717) is 11.5 Å². The minimum atomic E-state index is -1.10. The first kappa shape index (κ1) is 40.8. The van der Waals surface area contributed by atoms with Gasteiger partial charge >= 0.3 is 11.9 Å². The lowest BCUT2D eigenvalue weighted by Gasteiger charge is -2.43. The lowest BCUT2D eigenvalue weighted by atomic mass is 9.95. The van der Waals surface area contributed by atoms with Crippen LogP contribution in [-0.2, 0) is 19.2 Å². The molecule has 0 unspecified atom stereocenters. The maximum absolute atomic E-state index is 14.4. The van der Waals surface area contributed by atoms with Crippen molar-refractivity contribution in [1.29, 1.82) is 0 Å². The van der Waals surface area contributed by atoms with Gasteiger partial charge in [0.2, 0.25) is 11.8 Å². The summed E-state index contributed by atoms with van der Waals surface area (Å²) < 4.78 is 23.3. The summed E-state index contributed by atoms with van der Waals surface area (Å²) in [6.07, 6.45) is 0. The lowest BCUT2D eigenvalue weighted by Crippen LogP contribution is -2.70. The van der Waals surface area contributed by atoms with Gasteiger partial charge < -0.3 is 39.7 Å². The topological polar surface area (TPSA) is 225 Å². The van der Waals surface area contributed by atoms with Crippen LogP contribution in [0.15, 0.2) is 57.6 Å². The van der Waals surface area contributed by atoms with Crippen LogP contribution in [0.3, 0.4) is 0 Å². The van der Waals surface area contributed by atoms with Crippen molar-refractivity contribution in [3.8, 4) is 22.5 Å². The van der Waals surface area contributed by atoms with Crippen LogP contribution in [0.25, 0.3) is 22.5 Å². The summed E-state index contributed by atoms with van der Waals surface area (Å²) >= 11 is 8.78. The number of fused-ring (bicyclic) bond motifs is 2. The highest BCUT2D eigenvalue weighted by atomic mass is 35.5. The molecule has 0 bridgehead atoms. The van der Waals surface area contributed by atoms with E-state index in [1.165, 1.54) is 58.4 Å². The largest absolute Gasteiger partial charge is 0.480 e. The molecule has 4 amide bonds. The number of hydrogen-bond donors (Lipinski definition) is 4. The molecule has 6 atom stereocenters. The van der Waals surface area contributed by atoms with Crippen LogP contribution >= 0.6 is 35.1 Å². The van der Waals surface area contributed by atoms with Gasteiger partial charge in [-0.1, -0.05) is 58.3 Å². The minimum Gasteiger partial charge on any atom is -0.480 e. The fraction of sp³-hybridized carbons (Fsp3) is 0.368. The van der Waals surface area contributed by atoms with Crippen LogP contribution in [0.2, 0.25) is 5.02 Å². The standard InChI is InChI=1S/C19H17ClFN3O5S.C19H19N3O5S/c1-7-10(12(23-29-7)11-8(20)5-4-6-9(11)21)15(25)22-13-16(26)24-14(18(27)28)19(2,3)30-17(13)24;1-9-11(12(21-27-9)10-7-5-4-6-8-10)15(23)20-13-16(24)22-14(18(25)26)19(2,3)28-17(13)22/h4-6,13-14,17H,1-3H3,(H,22,25)(H,27,28);4-8,13-14,17H,1-3H3,(H,20,23)(H,25,26)/t2*13-,14+,17-/m11/s1. The molecule has 4 N–H and O–H groups in total. The number of nitrogens with one attached hydrogen (secondary N) is 2. The van der Waals surface area contributed by atoms with Crippen molar-refractivity contribution < 1.29 is 52.4 Å². The second-order valence-electron chi connectivity index (χ2n) is 15.0. The number of carbonyl (C=O) groups is 6. The van der Waals surface area contributed by atoms with Gasteiger partial charge in [-0.05, 0) is 53.7 Å². The van der Waals surface area contributed by atoms with E-state index >= 15 is 0 Å². The monoisotopic (exact) mass is 854 g/mol. The Kier molecular flexibility index (Phi) is 10.4. The number of amides is 4. The average Bonchev–Trinajstić information content (AvgIpc) is 3.87. The van der Waals surface area contributed by atoms with Gasteiger partial charge in [-0.25, -0.2) is 14.0 Å². The summed E-state index contributed by atoms with van der Waals surface area (Å²) in [6, 6.07) is 9.63. The molecule has 4 aliphatic heterocycles. The van der Waals surface area contributed by atoms with E-state index in [2.05, 4.69) is 20.9 Å². The molecule has 0 radical (unpaired) electrons. The molecule has 4 fully saturated rings. The van der Waals surface area contributed by atoms with Crippen molar-refractivity contribution in [3.63, 3.8) is 0 Å². The van der Waals surface area contributed by atoms with Crippen LogP contribution in [-0.4, -0.2) is 110 Å². The molecule has 4 saturated heterocycles. The number of nitrogens with zero attached hydrogens (tertiary/aromatic N) is 4. The molecule has 0 spiro atoms. The molecule has 0 aliphatic carbocycles. The second kappa shape index (κ2) is 14.8. The van der Waals surface area contributed by atoms with Crippen molar-refractivity contribution in [2.24, 2.45) is 0 Å². The number of β-lactam (4-membered cyclic amide) rings is 2. The average molecular weight is 855 g/mol. The Balaban J connectivity index is 0.000000177. The number of aryl methyl sites for hydroxylation is 2. The van der Waals surface area contributed by atoms with Gasteiger partial charge in [0.15, 0.2) is 0 Å². The summed E-state index contributed by atoms with van der Waals surface area (Å²) in [4.78, 5) is 76.9. The van der Waals surface area contributed by atoms with Crippen LogP contribution in [0.1, 0.15) is 59.9 Å². The Bertz CT molecular complexity index is 2370. The smallest absolute Gasteiger partial charge is 0.327 e. The molecule has 20 heteroatoms. The van der Waals surface area contributed by atoms with E-state index in [9.17, 15) is 43.4 Å². The summed E-state index contributed by atoms with van der Waals surface area (Å²) in [6.45, 7) is 10.2. The quantitative estimate of drug-likeness (QED) is 0.178. The molecule has 0 saturated carbocycles. The van der Waals surface area contributed by atoms with Gasteiger partial charge in [-0.2, -0.15) is 0 Å². The summed E-state index contributed by atoms with van der Waals surface area (Å²) in [5, 5.41) is 31.3. The SMILES string of the molecule is Cc1onc(-c2c(F)cccc2Cl)c1C(=O)N[C@@H]1C(=O)N2[C@@H]1SC(C)(C)[C@@H]2C(=O)O.Cc1onc(-c2ccccc2)c1C(=O)N[C@@H]1C(=O)N2[C@@H]1SC(C)(C)[C@@H]2C(=O)O. The molecule has 16 nitrogen and oxygen atoms in total. The van der Waals surface area contributed by atoms with E-state index in [4.69, 9.17) is 20.6 Å². The third kappa shape index (κ3) is 6.67. The molecule has 8 rings (SSSR count). The number of hydrogen-bond acceptors (Lipinski definition) is 12. The highest BCUT2D eigenvalue weighted by Crippen LogP contribution is 2.52. The number of carbonyl (C=O) groups excluding carboxylic acids is 4. The van der Waals surface area contributed by atoms with Gasteiger partial charge in [0, 0.05) is 15.1 Å². The van der Waals surface area contributed by atoms with Crippen molar-refractivity contribution in [2.45, 2.75) is 86.0 Å². The number of aliphatic carboxylic acids is 2. The Morgan fingerprint density at radius 1 is 0.741 bits per heavy atom. The maximum atomic E-state index is 14.4. The summed E-state index contributed by atoms with van der Waals surface area (Å²) in [5.74, 6) is -4.35. The fourth-order valence-electron chi connectivity index (χ4n) is 7.68. The van der Waals surface area contributed by atoms with Gasteiger partial charge in [0.1, 0.15) is 74.8 Å². The normalized spacial score (nSPS) is 24.8. The molecule has 6 heterocycles. The van der Waals surface area contributed by atoms with Crippen molar-refractivity contribution in [3.05, 3.63) is 82.0 Å². The number of benzene rings is 2. The number of rotatable bonds is 8. The second-order valence-corrected chi connectivity index (χ2v) is 18.9. The third-order valence-electron chi connectivity index (χ3n) is 10.3. The highest BCUT2D eigenvalue weighted by molar-refractivity contribution is 8.02. The molecular weight excluding hydrogens is 819 g/mol. The van der Waals surface area contributed by atoms with E-state index in [-0.39, 0.29) is 39.1 Å². The van der Waals surface area contributed by atoms with E-state index < -0.39 is 79.9 Å². The van der Waals surface area contributed by atoms with Gasteiger partial charge in [-0.15, -0.1) is 23.5 Å². The van der Waals surface area contributed by atoms with Crippen LogP contribution in [0.5, 0.6) is 0 Å². The Labute approximate surface area is 343 Å². The maximum Gasteiger partial charge on any atom is 0.327 e. The highest BCUT2D eigenvalue weighted by Gasteiger charge is 2.65. The predicted molar refractivity (Wildman–Crippen MR) is 208 cm³/mol. The minimum absolute atomic E-state index is 0.0368. The lowest BCUT2D eigenvalue weighted by molar-refractivity contribution is -0.159. The van der Waals surface area contributed by atoms with Crippen LogP contribution < -0.4 is 10.6 Å². The number of halogens is 2. The van der Waals surface area contributed by atoms with E-state index in [1.54, 1.807) is 34.6 Å². The number of carboxylic acids is 2. The van der Waals surface area contributed by atoms with E-state index in [0.717, 1.165) is 5.56 Å². The zero-order valence-electron chi connectivity index (χ0n) is 31.6.